The highest BCUT2D eigenvalue weighted by molar-refractivity contribution is 5.80. The van der Waals surface area contributed by atoms with Crippen molar-refractivity contribution in [3.05, 3.63) is 42.0 Å². The second-order valence-corrected chi connectivity index (χ2v) is 7.59. The third kappa shape index (κ3) is 5.59. The highest BCUT2D eigenvalue weighted by Crippen LogP contribution is 2.24. The molecular weight excluding hydrogens is 340 g/mol. The first-order valence-corrected chi connectivity index (χ1v) is 9.99. The summed E-state index contributed by atoms with van der Waals surface area (Å²) in [5.74, 6) is 1.67. The molecular formula is C22H30N2O3. The van der Waals surface area contributed by atoms with Crippen LogP contribution in [0.15, 0.2) is 36.4 Å². The van der Waals surface area contributed by atoms with Crippen molar-refractivity contribution >= 4 is 11.8 Å². The average Bonchev–Trinajstić information content (AvgIpc) is 3.25. The fourth-order valence-corrected chi connectivity index (χ4v) is 3.94. The second-order valence-electron chi connectivity index (χ2n) is 7.59. The molecule has 0 aromatic heterocycles. The number of ether oxygens (including phenoxy) is 1. The van der Waals surface area contributed by atoms with Crippen LogP contribution in [-0.2, 0) is 16.0 Å². The molecule has 1 aromatic rings. The summed E-state index contributed by atoms with van der Waals surface area (Å²) in [5.41, 5.74) is 1.10. The Morgan fingerprint density at radius 3 is 2.85 bits per heavy atom. The molecule has 1 saturated heterocycles. The Morgan fingerprint density at radius 1 is 1.26 bits per heavy atom. The number of amides is 2. The molecule has 1 atom stereocenters. The number of allylic oxidation sites excluding steroid dienone is 2. The smallest absolute Gasteiger partial charge is 0.226 e. The van der Waals surface area contributed by atoms with Gasteiger partial charge in [-0.2, -0.15) is 0 Å². The number of aryl methyl sites for hydroxylation is 1. The molecule has 27 heavy (non-hydrogen) atoms. The number of rotatable bonds is 7. The summed E-state index contributed by atoms with van der Waals surface area (Å²) in [6, 6.07) is 7.83. The molecule has 0 spiro atoms. The van der Waals surface area contributed by atoms with Gasteiger partial charge in [0.25, 0.3) is 0 Å². The first kappa shape index (κ1) is 19.5. The van der Waals surface area contributed by atoms with Crippen LogP contribution in [0.2, 0.25) is 0 Å². The van der Waals surface area contributed by atoms with Crippen LogP contribution in [0.4, 0.5) is 0 Å². The topological polar surface area (TPSA) is 58.6 Å². The van der Waals surface area contributed by atoms with Crippen molar-refractivity contribution in [2.45, 2.75) is 38.5 Å². The number of nitrogens with one attached hydrogen (secondary N) is 1. The predicted molar refractivity (Wildman–Crippen MR) is 105 cm³/mol. The van der Waals surface area contributed by atoms with Crippen molar-refractivity contribution < 1.29 is 14.3 Å². The Labute approximate surface area is 161 Å². The van der Waals surface area contributed by atoms with Crippen molar-refractivity contribution in [3.8, 4) is 5.75 Å². The third-order valence-corrected chi connectivity index (χ3v) is 5.55. The minimum atomic E-state index is 0.0706. The molecule has 2 amide bonds. The van der Waals surface area contributed by atoms with E-state index in [2.05, 4.69) is 17.5 Å². The van der Waals surface area contributed by atoms with Gasteiger partial charge >= 0.3 is 0 Å². The number of hydrogen-bond donors (Lipinski definition) is 1. The molecule has 146 valence electrons. The van der Waals surface area contributed by atoms with Crippen LogP contribution in [-0.4, -0.2) is 43.5 Å². The second kappa shape index (κ2) is 9.58. The van der Waals surface area contributed by atoms with E-state index in [0.717, 1.165) is 50.1 Å². The van der Waals surface area contributed by atoms with Crippen LogP contribution in [0.5, 0.6) is 5.75 Å². The number of carbonyl (C=O) groups excluding carboxylic acids is 2. The van der Waals surface area contributed by atoms with Gasteiger partial charge in [-0.1, -0.05) is 24.3 Å². The molecule has 1 fully saturated rings. The number of benzene rings is 1. The molecule has 1 heterocycles. The maximum atomic E-state index is 12.6. The van der Waals surface area contributed by atoms with Crippen LogP contribution in [0.25, 0.3) is 0 Å². The van der Waals surface area contributed by atoms with E-state index < -0.39 is 0 Å². The van der Waals surface area contributed by atoms with Gasteiger partial charge in [-0.25, -0.2) is 0 Å². The summed E-state index contributed by atoms with van der Waals surface area (Å²) < 4.78 is 5.22. The van der Waals surface area contributed by atoms with E-state index in [9.17, 15) is 9.59 Å². The molecule has 5 nitrogen and oxygen atoms in total. The van der Waals surface area contributed by atoms with Crippen molar-refractivity contribution in [1.29, 1.82) is 0 Å². The Hall–Kier alpha value is -2.30. The molecule has 1 aromatic carbocycles. The van der Waals surface area contributed by atoms with Gasteiger partial charge in [-0.15, -0.1) is 0 Å². The molecule has 0 bridgehead atoms. The SMILES string of the molecule is COc1cccc(CCC(=O)NCC2CCCN(C(=O)C3CC=CC3)C2)c1. The number of methoxy groups -OCH3 is 1. The standard InChI is InChI=1S/C22H30N2O3/c1-27-20-10-4-6-17(14-20)11-12-21(25)23-15-18-7-5-13-24(16-18)22(26)19-8-2-3-9-19/h2-4,6,10,14,18-19H,5,7-9,11-13,15-16H2,1H3,(H,23,25). The lowest BCUT2D eigenvalue weighted by molar-refractivity contribution is -0.137. The van der Waals surface area contributed by atoms with E-state index >= 15 is 0 Å². The van der Waals surface area contributed by atoms with Crippen molar-refractivity contribution in [2.24, 2.45) is 11.8 Å². The van der Waals surface area contributed by atoms with E-state index in [1.165, 1.54) is 0 Å². The molecule has 1 aliphatic heterocycles. The monoisotopic (exact) mass is 370 g/mol. The van der Waals surface area contributed by atoms with Crippen molar-refractivity contribution in [2.75, 3.05) is 26.7 Å². The Bertz CT molecular complexity index is 678. The van der Waals surface area contributed by atoms with Gasteiger partial charge < -0.3 is 15.0 Å². The lowest BCUT2D eigenvalue weighted by Gasteiger charge is -2.34. The van der Waals surface area contributed by atoms with Crippen LogP contribution in [0, 0.1) is 11.8 Å². The van der Waals surface area contributed by atoms with Gasteiger partial charge in [-0.05, 0) is 55.7 Å². The van der Waals surface area contributed by atoms with Crippen LogP contribution < -0.4 is 10.1 Å². The lowest BCUT2D eigenvalue weighted by Crippen LogP contribution is -2.45. The summed E-state index contributed by atoms with van der Waals surface area (Å²) in [4.78, 5) is 26.8. The molecule has 2 aliphatic rings. The van der Waals surface area contributed by atoms with Gasteiger partial charge in [-0.3, -0.25) is 9.59 Å². The van der Waals surface area contributed by atoms with Gasteiger partial charge in [0.05, 0.1) is 7.11 Å². The van der Waals surface area contributed by atoms with Gasteiger partial charge in [0, 0.05) is 32.0 Å². The molecule has 0 radical (unpaired) electrons. The minimum absolute atomic E-state index is 0.0706. The van der Waals surface area contributed by atoms with Crippen LogP contribution >= 0.6 is 0 Å². The first-order valence-electron chi connectivity index (χ1n) is 9.99. The zero-order valence-corrected chi connectivity index (χ0v) is 16.2. The normalized spacial score (nSPS) is 19.9. The highest BCUT2D eigenvalue weighted by Gasteiger charge is 2.29. The quantitative estimate of drug-likeness (QED) is 0.751. The summed E-state index contributed by atoms with van der Waals surface area (Å²) in [5, 5.41) is 3.06. The zero-order chi connectivity index (χ0) is 19.1. The van der Waals surface area contributed by atoms with Gasteiger partial charge in [0.15, 0.2) is 0 Å². The number of likely N-dealkylation sites (tertiary alicyclic amines) is 1. The lowest BCUT2D eigenvalue weighted by atomic mass is 9.95. The Kier molecular flexibility index (Phi) is 6.91. The van der Waals surface area contributed by atoms with E-state index in [1.54, 1.807) is 7.11 Å². The van der Waals surface area contributed by atoms with E-state index in [-0.39, 0.29) is 17.7 Å². The fraction of sp³-hybridized carbons (Fsp3) is 0.545. The largest absolute Gasteiger partial charge is 0.497 e. The highest BCUT2D eigenvalue weighted by atomic mass is 16.5. The summed E-state index contributed by atoms with van der Waals surface area (Å²) >= 11 is 0. The van der Waals surface area contributed by atoms with Crippen LogP contribution in [0.3, 0.4) is 0 Å². The Morgan fingerprint density at radius 2 is 2.07 bits per heavy atom. The summed E-state index contributed by atoms with van der Waals surface area (Å²) in [6.45, 7) is 2.28. The first-order chi connectivity index (χ1) is 13.2. The summed E-state index contributed by atoms with van der Waals surface area (Å²) in [7, 11) is 1.65. The predicted octanol–water partition coefficient (Wildman–Crippen LogP) is 2.95. The number of hydrogen-bond acceptors (Lipinski definition) is 3. The van der Waals surface area contributed by atoms with Crippen molar-refractivity contribution in [1.82, 2.24) is 10.2 Å². The molecule has 1 N–H and O–H groups in total. The van der Waals surface area contributed by atoms with E-state index in [1.807, 2.05) is 29.2 Å². The number of piperidine rings is 1. The van der Waals surface area contributed by atoms with Gasteiger partial charge in [0.1, 0.15) is 5.75 Å². The van der Waals surface area contributed by atoms with E-state index in [0.29, 0.717) is 25.3 Å². The van der Waals surface area contributed by atoms with Crippen LogP contribution in [0.1, 0.15) is 37.7 Å². The number of nitrogens with zero attached hydrogens (tertiary/aromatic N) is 1. The van der Waals surface area contributed by atoms with E-state index in [4.69, 9.17) is 4.74 Å². The third-order valence-electron chi connectivity index (χ3n) is 5.55. The number of carbonyl (C=O) groups is 2. The maximum Gasteiger partial charge on any atom is 0.226 e. The Balaban J connectivity index is 1.39. The summed E-state index contributed by atoms with van der Waals surface area (Å²) in [6.07, 6.45) is 9.23. The van der Waals surface area contributed by atoms with Gasteiger partial charge in [0.2, 0.25) is 11.8 Å². The molecule has 1 unspecified atom stereocenters. The molecule has 5 heteroatoms. The molecule has 1 aliphatic carbocycles. The zero-order valence-electron chi connectivity index (χ0n) is 16.2. The van der Waals surface area contributed by atoms with Crippen molar-refractivity contribution in [3.63, 3.8) is 0 Å². The maximum absolute atomic E-state index is 12.6. The average molecular weight is 370 g/mol. The molecule has 0 saturated carbocycles. The molecule has 3 rings (SSSR count). The minimum Gasteiger partial charge on any atom is -0.497 e. The fourth-order valence-electron chi connectivity index (χ4n) is 3.94.